The van der Waals surface area contributed by atoms with E-state index < -0.39 is 0 Å². The zero-order chi connectivity index (χ0) is 9.80. The van der Waals surface area contributed by atoms with Crippen molar-refractivity contribution in [2.24, 2.45) is 0 Å². The molecule has 0 aliphatic heterocycles. The Labute approximate surface area is 82.0 Å². The smallest absolute Gasteiger partial charge is 0.243 e. The molecule has 2 aromatic rings. The standard InChI is InChI=1S/C10H10N4/c1-2-3-7-11-10-12-9-6-4-5-8-14(9)13-10/h1,4-6,8H,3,7H2,(H,11,13). The van der Waals surface area contributed by atoms with Crippen molar-refractivity contribution < 1.29 is 0 Å². The quantitative estimate of drug-likeness (QED) is 0.578. The predicted molar refractivity (Wildman–Crippen MR) is 54.9 cm³/mol. The van der Waals surface area contributed by atoms with Crippen molar-refractivity contribution in [1.29, 1.82) is 0 Å². The molecule has 70 valence electrons. The molecular weight excluding hydrogens is 176 g/mol. The number of fused-ring (bicyclic) bond motifs is 1. The summed E-state index contributed by atoms with van der Waals surface area (Å²) in [4.78, 5) is 4.26. The van der Waals surface area contributed by atoms with Crippen molar-refractivity contribution in [3.05, 3.63) is 24.4 Å². The minimum atomic E-state index is 0.617. The Balaban J connectivity index is 2.15. The van der Waals surface area contributed by atoms with Crippen LogP contribution in [0.4, 0.5) is 5.95 Å². The Morgan fingerprint density at radius 3 is 3.21 bits per heavy atom. The molecule has 14 heavy (non-hydrogen) atoms. The number of aromatic nitrogens is 3. The molecular formula is C10H10N4. The van der Waals surface area contributed by atoms with E-state index in [-0.39, 0.29) is 0 Å². The van der Waals surface area contributed by atoms with E-state index in [0.717, 1.165) is 5.65 Å². The third-order valence-corrected chi connectivity index (χ3v) is 1.79. The lowest BCUT2D eigenvalue weighted by Crippen LogP contribution is -2.01. The van der Waals surface area contributed by atoms with E-state index in [0.29, 0.717) is 18.9 Å². The first-order valence-corrected chi connectivity index (χ1v) is 4.39. The van der Waals surface area contributed by atoms with E-state index in [9.17, 15) is 0 Å². The zero-order valence-electron chi connectivity index (χ0n) is 7.64. The maximum absolute atomic E-state index is 5.13. The van der Waals surface area contributed by atoms with Gasteiger partial charge < -0.3 is 5.32 Å². The maximum Gasteiger partial charge on any atom is 0.243 e. The first-order valence-electron chi connectivity index (χ1n) is 4.39. The van der Waals surface area contributed by atoms with Crippen LogP contribution < -0.4 is 5.32 Å². The molecule has 0 saturated carbocycles. The molecule has 0 saturated heterocycles. The summed E-state index contributed by atoms with van der Waals surface area (Å²) in [6.45, 7) is 0.702. The average Bonchev–Trinajstić information content (AvgIpc) is 2.60. The highest BCUT2D eigenvalue weighted by Crippen LogP contribution is 2.03. The number of nitrogens with one attached hydrogen (secondary N) is 1. The summed E-state index contributed by atoms with van der Waals surface area (Å²) in [7, 11) is 0. The zero-order valence-corrected chi connectivity index (χ0v) is 7.64. The van der Waals surface area contributed by atoms with Gasteiger partial charge in [-0.2, -0.15) is 4.98 Å². The molecule has 0 fully saturated rings. The topological polar surface area (TPSA) is 42.2 Å². The number of nitrogens with zero attached hydrogens (tertiary/aromatic N) is 3. The Morgan fingerprint density at radius 1 is 1.50 bits per heavy atom. The van der Waals surface area contributed by atoms with Crippen LogP contribution in [0.1, 0.15) is 6.42 Å². The number of hydrogen-bond donors (Lipinski definition) is 1. The monoisotopic (exact) mass is 186 g/mol. The van der Waals surface area contributed by atoms with Crippen molar-refractivity contribution in [2.45, 2.75) is 6.42 Å². The third-order valence-electron chi connectivity index (χ3n) is 1.79. The minimum Gasteiger partial charge on any atom is -0.352 e. The fraction of sp³-hybridized carbons (Fsp3) is 0.200. The molecule has 1 N–H and O–H groups in total. The summed E-state index contributed by atoms with van der Waals surface area (Å²) < 4.78 is 1.72. The second-order valence-corrected chi connectivity index (χ2v) is 2.82. The highest BCUT2D eigenvalue weighted by molar-refractivity contribution is 5.42. The predicted octanol–water partition coefficient (Wildman–Crippen LogP) is 1.16. The number of hydrogen-bond acceptors (Lipinski definition) is 3. The van der Waals surface area contributed by atoms with Gasteiger partial charge >= 0.3 is 0 Å². The molecule has 4 heteroatoms. The number of rotatable bonds is 3. The van der Waals surface area contributed by atoms with Crippen molar-refractivity contribution in [2.75, 3.05) is 11.9 Å². The van der Waals surface area contributed by atoms with E-state index in [4.69, 9.17) is 6.42 Å². The molecule has 2 aromatic heterocycles. The van der Waals surface area contributed by atoms with Gasteiger partial charge in [0.1, 0.15) is 0 Å². The fourth-order valence-electron chi connectivity index (χ4n) is 1.15. The van der Waals surface area contributed by atoms with Crippen molar-refractivity contribution in [3.8, 4) is 12.3 Å². The molecule has 0 radical (unpaired) electrons. The van der Waals surface area contributed by atoms with Gasteiger partial charge in [-0.15, -0.1) is 17.4 Å². The SMILES string of the molecule is C#CCCNc1nc2ccccn2n1. The average molecular weight is 186 g/mol. The van der Waals surface area contributed by atoms with Gasteiger partial charge in [0.2, 0.25) is 5.95 Å². The van der Waals surface area contributed by atoms with E-state index >= 15 is 0 Å². The normalized spacial score (nSPS) is 9.93. The Kier molecular flexibility index (Phi) is 2.32. The van der Waals surface area contributed by atoms with Gasteiger partial charge in [0.05, 0.1) is 0 Å². The van der Waals surface area contributed by atoms with Crippen LogP contribution >= 0.6 is 0 Å². The van der Waals surface area contributed by atoms with Crippen molar-refractivity contribution >= 4 is 11.6 Å². The van der Waals surface area contributed by atoms with Crippen molar-refractivity contribution in [3.63, 3.8) is 0 Å². The highest BCUT2D eigenvalue weighted by Gasteiger charge is 1.99. The molecule has 0 amide bonds. The van der Waals surface area contributed by atoms with Gasteiger partial charge in [-0.3, -0.25) is 0 Å². The molecule has 4 nitrogen and oxygen atoms in total. The second kappa shape index (κ2) is 3.79. The summed E-state index contributed by atoms with van der Waals surface area (Å²) in [5.41, 5.74) is 0.829. The van der Waals surface area contributed by atoms with E-state index in [1.165, 1.54) is 0 Å². The molecule has 0 aromatic carbocycles. The van der Waals surface area contributed by atoms with Gasteiger partial charge in [0.15, 0.2) is 5.65 Å². The van der Waals surface area contributed by atoms with Gasteiger partial charge in [0.25, 0.3) is 0 Å². The Morgan fingerprint density at radius 2 is 2.43 bits per heavy atom. The molecule has 2 rings (SSSR count). The van der Waals surface area contributed by atoms with Crippen LogP contribution in [-0.4, -0.2) is 21.1 Å². The van der Waals surface area contributed by atoms with Crippen LogP contribution in [0.5, 0.6) is 0 Å². The van der Waals surface area contributed by atoms with Gasteiger partial charge in [-0.05, 0) is 12.1 Å². The summed E-state index contributed by atoms with van der Waals surface area (Å²) in [5, 5.41) is 7.26. The lowest BCUT2D eigenvalue weighted by Gasteiger charge is -1.94. The van der Waals surface area contributed by atoms with Crippen LogP contribution in [0, 0.1) is 12.3 Å². The summed E-state index contributed by atoms with van der Waals surface area (Å²) in [6, 6.07) is 5.74. The molecule has 0 atom stereocenters. The highest BCUT2D eigenvalue weighted by atomic mass is 15.3. The van der Waals surface area contributed by atoms with E-state index in [1.807, 2.05) is 24.4 Å². The third kappa shape index (κ3) is 1.67. The Hall–Kier alpha value is -2.02. The second-order valence-electron chi connectivity index (χ2n) is 2.82. The van der Waals surface area contributed by atoms with Crippen LogP contribution in [0.2, 0.25) is 0 Å². The molecule has 0 aliphatic rings. The van der Waals surface area contributed by atoms with Crippen molar-refractivity contribution in [1.82, 2.24) is 14.6 Å². The molecule has 0 bridgehead atoms. The molecule has 0 spiro atoms. The van der Waals surface area contributed by atoms with Crippen LogP contribution in [0.15, 0.2) is 24.4 Å². The molecule has 0 unspecified atom stereocenters. The van der Waals surface area contributed by atoms with Crippen LogP contribution in [0.25, 0.3) is 5.65 Å². The summed E-state index contributed by atoms with van der Waals surface area (Å²) >= 11 is 0. The van der Waals surface area contributed by atoms with Gasteiger partial charge in [-0.1, -0.05) is 6.07 Å². The van der Waals surface area contributed by atoms with Gasteiger partial charge in [-0.25, -0.2) is 4.52 Å². The summed E-state index contributed by atoms with van der Waals surface area (Å²) in [5.74, 6) is 3.16. The molecule has 0 aliphatic carbocycles. The van der Waals surface area contributed by atoms with E-state index in [1.54, 1.807) is 4.52 Å². The fourth-order valence-corrected chi connectivity index (χ4v) is 1.15. The minimum absolute atomic E-state index is 0.617. The number of pyridine rings is 1. The number of terminal acetylenes is 1. The van der Waals surface area contributed by atoms with E-state index in [2.05, 4.69) is 21.3 Å². The van der Waals surface area contributed by atoms with Gasteiger partial charge in [0, 0.05) is 19.2 Å². The first-order chi connectivity index (χ1) is 6.90. The van der Waals surface area contributed by atoms with Crippen LogP contribution in [-0.2, 0) is 0 Å². The molecule has 2 heterocycles. The lowest BCUT2D eigenvalue weighted by molar-refractivity contribution is 0.948. The summed E-state index contributed by atoms with van der Waals surface area (Å²) in [6.07, 6.45) is 7.66. The first kappa shape index (κ1) is 8.57. The largest absolute Gasteiger partial charge is 0.352 e. The number of anilines is 1. The lowest BCUT2D eigenvalue weighted by atomic mass is 10.4. The van der Waals surface area contributed by atoms with Crippen LogP contribution in [0.3, 0.4) is 0 Å². The maximum atomic E-state index is 5.13. The Bertz CT molecular complexity index is 433.